The highest BCUT2D eigenvalue weighted by molar-refractivity contribution is 5.80. The number of rotatable bonds is 3. The Morgan fingerprint density at radius 1 is 1.44 bits per heavy atom. The number of benzene rings is 1. The summed E-state index contributed by atoms with van der Waals surface area (Å²) in [5, 5.41) is 3.80. The summed E-state index contributed by atoms with van der Waals surface area (Å²) in [5.41, 5.74) is 1.75. The van der Waals surface area contributed by atoms with Gasteiger partial charge < -0.3 is 10.3 Å². The number of fused-ring (bicyclic) bond motifs is 1. The van der Waals surface area contributed by atoms with Gasteiger partial charge in [0.15, 0.2) is 0 Å². The monoisotopic (exact) mass is 217 g/mol. The molecule has 0 aliphatic heterocycles. The largest absolute Gasteiger partial charge is 0.310 e. The molecule has 4 heteroatoms. The molecule has 0 spiro atoms. The van der Waals surface area contributed by atoms with E-state index in [0.29, 0.717) is 17.8 Å². The first-order valence-electron chi connectivity index (χ1n) is 5.41. The second kappa shape index (κ2) is 4.45. The van der Waals surface area contributed by atoms with E-state index in [1.165, 1.54) is 0 Å². The average Bonchev–Trinajstić information content (AvgIpc) is 2.28. The van der Waals surface area contributed by atoms with E-state index >= 15 is 0 Å². The first-order chi connectivity index (χ1) is 7.72. The van der Waals surface area contributed by atoms with E-state index in [2.05, 4.69) is 15.3 Å². The van der Waals surface area contributed by atoms with Crippen molar-refractivity contribution >= 4 is 10.9 Å². The topological polar surface area (TPSA) is 57.8 Å². The number of hydrogen-bond donors (Lipinski definition) is 2. The Bertz CT molecular complexity index is 560. The molecule has 0 unspecified atom stereocenters. The molecule has 2 rings (SSSR count). The zero-order valence-corrected chi connectivity index (χ0v) is 9.50. The summed E-state index contributed by atoms with van der Waals surface area (Å²) < 4.78 is 0. The Kier molecular flexibility index (Phi) is 3.01. The maximum atomic E-state index is 11.8. The molecular formula is C12H15N3O. The van der Waals surface area contributed by atoms with Crippen LogP contribution in [0.25, 0.3) is 10.9 Å². The molecule has 0 atom stereocenters. The third-order valence-corrected chi connectivity index (χ3v) is 2.53. The van der Waals surface area contributed by atoms with Crippen molar-refractivity contribution in [1.82, 2.24) is 15.3 Å². The van der Waals surface area contributed by atoms with Crippen LogP contribution in [0.3, 0.4) is 0 Å². The van der Waals surface area contributed by atoms with Crippen LogP contribution in [0.2, 0.25) is 0 Å². The molecule has 1 aromatic heterocycles. The van der Waals surface area contributed by atoms with Gasteiger partial charge in [-0.2, -0.15) is 0 Å². The molecule has 0 amide bonds. The van der Waals surface area contributed by atoms with Crippen molar-refractivity contribution in [2.75, 3.05) is 6.54 Å². The van der Waals surface area contributed by atoms with Crippen LogP contribution in [0.5, 0.6) is 0 Å². The van der Waals surface area contributed by atoms with Gasteiger partial charge in [-0.3, -0.25) is 4.79 Å². The van der Waals surface area contributed by atoms with Crippen molar-refractivity contribution in [1.29, 1.82) is 0 Å². The lowest BCUT2D eigenvalue weighted by Crippen LogP contribution is -2.19. The number of H-pyrrole nitrogens is 1. The normalized spacial score (nSPS) is 10.9. The molecule has 0 saturated heterocycles. The van der Waals surface area contributed by atoms with Gasteiger partial charge in [0.25, 0.3) is 5.56 Å². The summed E-state index contributed by atoms with van der Waals surface area (Å²) in [5.74, 6) is 0.689. The van der Waals surface area contributed by atoms with Gasteiger partial charge in [-0.05, 0) is 25.1 Å². The molecule has 0 saturated carbocycles. The number of hydrogen-bond acceptors (Lipinski definition) is 3. The van der Waals surface area contributed by atoms with E-state index in [-0.39, 0.29) is 5.56 Å². The van der Waals surface area contributed by atoms with Crippen LogP contribution in [-0.2, 0) is 6.54 Å². The predicted molar refractivity (Wildman–Crippen MR) is 64.5 cm³/mol. The lowest BCUT2D eigenvalue weighted by molar-refractivity contribution is 0.691. The van der Waals surface area contributed by atoms with E-state index in [4.69, 9.17) is 0 Å². The third kappa shape index (κ3) is 1.97. The molecule has 2 aromatic rings. The predicted octanol–water partition coefficient (Wildman–Crippen LogP) is 1.34. The fourth-order valence-electron chi connectivity index (χ4n) is 1.68. The molecule has 0 bridgehead atoms. The van der Waals surface area contributed by atoms with Gasteiger partial charge in [-0.1, -0.05) is 19.1 Å². The lowest BCUT2D eigenvalue weighted by Gasteiger charge is -2.04. The lowest BCUT2D eigenvalue weighted by atomic mass is 10.1. The molecule has 2 N–H and O–H groups in total. The van der Waals surface area contributed by atoms with Gasteiger partial charge in [0.1, 0.15) is 5.82 Å². The van der Waals surface area contributed by atoms with Crippen LogP contribution in [0.15, 0.2) is 23.0 Å². The summed E-state index contributed by atoms with van der Waals surface area (Å²) >= 11 is 0. The van der Waals surface area contributed by atoms with Gasteiger partial charge in [0.05, 0.1) is 17.4 Å². The van der Waals surface area contributed by atoms with Crippen molar-refractivity contribution in [2.45, 2.75) is 20.4 Å². The van der Waals surface area contributed by atoms with Gasteiger partial charge in [-0.15, -0.1) is 0 Å². The molecule has 4 nitrogen and oxygen atoms in total. The molecule has 84 valence electrons. The van der Waals surface area contributed by atoms with E-state index < -0.39 is 0 Å². The van der Waals surface area contributed by atoms with Crippen molar-refractivity contribution < 1.29 is 0 Å². The number of para-hydroxylation sites is 1. The van der Waals surface area contributed by atoms with Crippen molar-refractivity contribution in [3.63, 3.8) is 0 Å². The standard InChI is InChI=1S/C12H15N3O/c1-3-13-7-10-14-11-8(2)5-4-6-9(11)12(16)15-10/h4-6,13H,3,7H2,1-2H3,(H,14,15,16). The molecule has 1 heterocycles. The molecular weight excluding hydrogens is 202 g/mol. The van der Waals surface area contributed by atoms with Crippen molar-refractivity contribution in [3.8, 4) is 0 Å². The molecule has 0 aliphatic carbocycles. The first-order valence-corrected chi connectivity index (χ1v) is 5.41. The number of aryl methyl sites for hydroxylation is 1. The summed E-state index contributed by atoms with van der Waals surface area (Å²) in [4.78, 5) is 19.0. The highest BCUT2D eigenvalue weighted by Crippen LogP contribution is 2.11. The minimum Gasteiger partial charge on any atom is -0.310 e. The van der Waals surface area contributed by atoms with Crippen molar-refractivity contribution in [2.24, 2.45) is 0 Å². The Balaban J connectivity index is 2.57. The Hall–Kier alpha value is -1.68. The second-order valence-corrected chi connectivity index (χ2v) is 3.76. The minimum atomic E-state index is -0.0680. The zero-order chi connectivity index (χ0) is 11.5. The number of aromatic amines is 1. The second-order valence-electron chi connectivity index (χ2n) is 3.76. The van der Waals surface area contributed by atoms with Crippen LogP contribution in [0, 0.1) is 6.92 Å². The minimum absolute atomic E-state index is 0.0680. The highest BCUT2D eigenvalue weighted by Gasteiger charge is 2.04. The van der Waals surface area contributed by atoms with E-state index in [1.807, 2.05) is 26.0 Å². The average molecular weight is 217 g/mol. The fourth-order valence-corrected chi connectivity index (χ4v) is 1.68. The Morgan fingerprint density at radius 3 is 3.00 bits per heavy atom. The van der Waals surface area contributed by atoms with E-state index in [0.717, 1.165) is 17.6 Å². The Labute approximate surface area is 93.7 Å². The van der Waals surface area contributed by atoms with Crippen molar-refractivity contribution in [3.05, 3.63) is 39.9 Å². The molecule has 0 aliphatic rings. The smallest absolute Gasteiger partial charge is 0.258 e. The third-order valence-electron chi connectivity index (χ3n) is 2.53. The summed E-state index contributed by atoms with van der Waals surface area (Å²) in [6.45, 7) is 5.43. The number of aromatic nitrogens is 2. The van der Waals surface area contributed by atoms with E-state index in [9.17, 15) is 4.79 Å². The van der Waals surface area contributed by atoms with Crippen LogP contribution in [0.4, 0.5) is 0 Å². The van der Waals surface area contributed by atoms with Crippen LogP contribution in [0.1, 0.15) is 18.3 Å². The van der Waals surface area contributed by atoms with Crippen LogP contribution in [-0.4, -0.2) is 16.5 Å². The summed E-state index contributed by atoms with van der Waals surface area (Å²) in [6.07, 6.45) is 0. The van der Waals surface area contributed by atoms with Gasteiger partial charge >= 0.3 is 0 Å². The van der Waals surface area contributed by atoms with E-state index in [1.54, 1.807) is 6.07 Å². The maximum absolute atomic E-state index is 11.8. The SMILES string of the molecule is CCNCc1nc2c(C)cccc2c(=O)[nH]1. The van der Waals surface area contributed by atoms with Crippen LogP contribution >= 0.6 is 0 Å². The molecule has 0 fully saturated rings. The quantitative estimate of drug-likeness (QED) is 0.815. The van der Waals surface area contributed by atoms with Crippen LogP contribution < -0.4 is 10.9 Å². The first kappa shape index (κ1) is 10.8. The molecule has 16 heavy (non-hydrogen) atoms. The number of nitrogens with zero attached hydrogens (tertiary/aromatic N) is 1. The Morgan fingerprint density at radius 2 is 2.25 bits per heavy atom. The van der Waals surface area contributed by atoms with Gasteiger partial charge in [0, 0.05) is 0 Å². The number of nitrogens with one attached hydrogen (secondary N) is 2. The van der Waals surface area contributed by atoms with Gasteiger partial charge in [-0.25, -0.2) is 4.98 Å². The summed E-state index contributed by atoms with van der Waals surface area (Å²) in [6, 6.07) is 5.63. The zero-order valence-electron chi connectivity index (χ0n) is 9.50. The van der Waals surface area contributed by atoms with Gasteiger partial charge in [0.2, 0.25) is 0 Å². The highest BCUT2D eigenvalue weighted by atomic mass is 16.1. The molecule has 1 aromatic carbocycles. The summed E-state index contributed by atoms with van der Waals surface area (Å²) in [7, 11) is 0. The molecule has 0 radical (unpaired) electrons. The maximum Gasteiger partial charge on any atom is 0.258 e. The fraction of sp³-hybridized carbons (Fsp3) is 0.333.